The Hall–Kier alpha value is -2.09. The van der Waals surface area contributed by atoms with E-state index >= 15 is 0 Å². The molecule has 0 aliphatic heterocycles. The number of benzene rings is 1. The van der Waals surface area contributed by atoms with Crippen LogP contribution in [0.3, 0.4) is 0 Å². The molecule has 1 rings (SSSR count). The van der Waals surface area contributed by atoms with E-state index in [4.69, 9.17) is 4.74 Å². The lowest BCUT2D eigenvalue weighted by Crippen LogP contribution is -2.43. The first kappa shape index (κ1) is 20.0. The molecule has 1 N–H and O–H groups in total. The van der Waals surface area contributed by atoms with Crippen LogP contribution in [-0.4, -0.2) is 44.6 Å². The van der Waals surface area contributed by atoms with Crippen LogP contribution in [0.15, 0.2) is 30.3 Å². The van der Waals surface area contributed by atoms with Gasteiger partial charge in [0, 0.05) is 0 Å². The lowest BCUT2D eigenvalue weighted by molar-refractivity contribution is -0.143. The summed E-state index contributed by atoms with van der Waals surface area (Å²) in [5.41, 5.74) is 0.796. The van der Waals surface area contributed by atoms with Crippen LogP contribution < -0.4 is 5.32 Å². The van der Waals surface area contributed by atoms with Gasteiger partial charge >= 0.3 is 12.1 Å². The first-order valence-electron chi connectivity index (χ1n) is 7.53. The average Bonchev–Trinajstić information content (AvgIpc) is 2.56. The highest BCUT2D eigenvalue weighted by Gasteiger charge is 2.26. The summed E-state index contributed by atoms with van der Waals surface area (Å²) < 4.78 is 33.3. The van der Waals surface area contributed by atoms with Gasteiger partial charge < -0.3 is 14.8 Å². The maximum atomic E-state index is 11.8. The molecule has 0 aliphatic rings. The van der Waals surface area contributed by atoms with E-state index in [1.807, 2.05) is 18.2 Å². The van der Waals surface area contributed by atoms with Gasteiger partial charge in [-0.2, -0.15) is 0 Å². The number of ether oxygens (including phenoxy) is 2. The maximum absolute atomic E-state index is 11.8. The minimum absolute atomic E-state index is 0.0465. The monoisotopic (exact) mass is 357 g/mol. The van der Waals surface area contributed by atoms with E-state index in [0.717, 1.165) is 5.56 Å². The Kier molecular flexibility index (Phi) is 7.70. The van der Waals surface area contributed by atoms with Crippen LogP contribution in [0.5, 0.6) is 0 Å². The highest BCUT2D eigenvalue weighted by Crippen LogP contribution is 2.07. The Morgan fingerprint density at radius 3 is 2.33 bits per heavy atom. The topological polar surface area (TPSA) is 98.8 Å². The summed E-state index contributed by atoms with van der Waals surface area (Å²) >= 11 is 0. The summed E-state index contributed by atoms with van der Waals surface area (Å²) in [5, 5.41) is 1.79. The summed E-state index contributed by atoms with van der Waals surface area (Å²) in [6.07, 6.45) is -0.885. The van der Waals surface area contributed by atoms with Crippen molar-refractivity contribution >= 4 is 21.9 Å². The number of sulfone groups is 1. The van der Waals surface area contributed by atoms with Crippen molar-refractivity contribution < 1.29 is 27.5 Å². The smallest absolute Gasteiger partial charge is 0.408 e. The van der Waals surface area contributed by atoms with Crippen LogP contribution in [0.2, 0.25) is 0 Å². The quantitative estimate of drug-likeness (QED) is 0.711. The van der Waals surface area contributed by atoms with Gasteiger partial charge in [0.2, 0.25) is 0 Å². The predicted molar refractivity (Wildman–Crippen MR) is 89.1 cm³/mol. The zero-order valence-corrected chi connectivity index (χ0v) is 14.8. The number of esters is 1. The van der Waals surface area contributed by atoms with Gasteiger partial charge in [0.05, 0.1) is 18.1 Å². The van der Waals surface area contributed by atoms with Gasteiger partial charge in [-0.15, -0.1) is 0 Å². The third-order valence-electron chi connectivity index (χ3n) is 3.40. The minimum atomic E-state index is -3.33. The maximum Gasteiger partial charge on any atom is 0.408 e. The number of hydrogen-bond donors (Lipinski definition) is 1. The molecule has 0 heterocycles. The van der Waals surface area contributed by atoms with Crippen molar-refractivity contribution in [3.8, 4) is 0 Å². The molecule has 7 nitrogen and oxygen atoms in total. The van der Waals surface area contributed by atoms with Crippen LogP contribution in [0.25, 0.3) is 0 Å². The number of carbonyl (C=O) groups is 2. The molecule has 1 aromatic rings. The standard InChI is InChI=1S/C16H23NO6S/c1-12(2)24(20,21)10-9-14(15(18)22-3)17-16(19)23-11-13-7-5-4-6-8-13/h4-8,12,14H,9-11H2,1-3H3,(H,17,19)/t14-/m0/s1. The molecule has 0 bridgehead atoms. The van der Waals surface area contributed by atoms with Crippen molar-refractivity contribution in [3.63, 3.8) is 0 Å². The Labute approximate surface area is 142 Å². The lowest BCUT2D eigenvalue weighted by atomic mass is 10.2. The van der Waals surface area contributed by atoms with E-state index in [0.29, 0.717) is 0 Å². The SMILES string of the molecule is COC(=O)[C@H](CCS(=O)(=O)C(C)C)NC(=O)OCc1ccccc1. The zero-order valence-electron chi connectivity index (χ0n) is 14.0. The fourth-order valence-electron chi connectivity index (χ4n) is 1.82. The van der Waals surface area contributed by atoms with Crippen molar-refractivity contribution in [1.82, 2.24) is 5.32 Å². The molecule has 0 aromatic heterocycles. The van der Waals surface area contributed by atoms with Crippen molar-refractivity contribution in [2.24, 2.45) is 0 Å². The number of carbonyl (C=O) groups excluding carboxylic acids is 2. The van der Waals surface area contributed by atoms with Crippen LogP contribution in [0, 0.1) is 0 Å². The largest absolute Gasteiger partial charge is 0.467 e. The Morgan fingerprint density at radius 1 is 1.17 bits per heavy atom. The van der Waals surface area contributed by atoms with Gasteiger partial charge in [-0.25, -0.2) is 18.0 Å². The number of rotatable bonds is 8. The molecule has 1 amide bonds. The van der Waals surface area contributed by atoms with Crippen LogP contribution in [0.1, 0.15) is 25.8 Å². The molecule has 0 saturated heterocycles. The van der Waals surface area contributed by atoms with Gasteiger partial charge in [0.1, 0.15) is 12.6 Å². The van der Waals surface area contributed by atoms with E-state index < -0.39 is 33.2 Å². The summed E-state index contributed by atoms with van der Waals surface area (Å²) in [6.45, 7) is 3.17. The minimum Gasteiger partial charge on any atom is -0.467 e. The number of alkyl carbamates (subject to hydrolysis) is 1. The Bertz CT molecular complexity index is 642. The second-order valence-electron chi connectivity index (χ2n) is 5.49. The van der Waals surface area contributed by atoms with Gasteiger partial charge in [-0.1, -0.05) is 30.3 Å². The third-order valence-corrected chi connectivity index (χ3v) is 5.64. The normalized spacial score (nSPS) is 12.5. The van der Waals surface area contributed by atoms with Crippen molar-refractivity contribution in [2.75, 3.05) is 12.9 Å². The summed E-state index contributed by atoms with van der Waals surface area (Å²) in [7, 11) is -2.16. The zero-order chi connectivity index (χ0) is 18.2. The Balaban J connectivity index is 2.59. The molecule has 0 saturated carbocycles. The van der Waals surface area contributed by atoms with E-state index in [9.17, 15) is 18.0 Å². The first-order valence-corrected chi connectivity index (χ1v) is 9.24. The van der Waals surface area contributed by atoms with E-state index in [1.165, 1.54) is 7.11 Å². The fourth-order valence-corrected chi connectivity index (χ4v) is 2.85. The molecule has 1 atom stereocenters. The fraction of sp³-hybridized carbons (Fsp3) is 0.500. The molecule has 134 valence electrons. The van der Waals surface area contributed by atoms with E-state index in [1.54, 1.807) is 26.0 Å². The molecule has 0 fully saturated rings. The number of amides is 1. The van der Waals surface area contributed by atoms with Gasteiger partial charge in [-0.05, 0) is 25.8 Å². The summed E-state index contributed by atoms with van der Waals surface area (Å²) in [6, 6.07) is 7.97. The molecular formula is C16H23NO6S. The van der Waals surface area contributed by atoms with Crippen LogP contribution in [-0.2, 0) is 30.7 Å². The molecule has 0 radical (unpaired) electrons. The molecule has 1 aromatic carbocycles. The first-order chi connectivity index (χ1) is 11.3. The van der Waals surface area contributed by atoms with Crippen LogP contribution >= 0.6 is 0 Å². The van der Waals surface area contributed by atoms with Crippen molar-refractivity contribution in [1.29, 1.82) is 0 Å². The summed E-state index contributed by atoms with van der Waals surface area (Å²) in [4.78, 5) is 23.5. The van der Waals surface area contributed by atoms with Gasteiger partial charge in [0.25, 0.3) is 0 Å². The van der Waals surface area contributed by atoms with Crippen molar-refractivity contribution in [2.45, 2.75) is 38.2 Å². The Morgan fingerprint density at radius 2 is 1.79 bits per heavy atom. The number of methoxy groups -OCH3 is 1. The molecule has 0 aliphatic carbocycles. The number of hydrogen-bond acceptors (Lipinski definition) is 6. The predicted octanol–water partition coefficient (Wildman–Crippen LogP) is 1.67. The average molecular weight is 357 g/mol. The molecule has 0 spiro atoms. The van der Waals surface area contributed by atoms with E-state index in [2.05, 4.69) is 10.1 Å². The van der Waals surface area contributed by atoms with Crippen LogP contribution in [0.4, 0.5) is 4.79 Å². The third kappa shape index (κ3) is 6.57. The second-order valence-corrected chi connectivity index (χ2v) is 8.16. The highest BCUT2D eigenvalue weighted by atomic mass is 32.2. The van der Waals surface area contributed by atoms with E-state index in [-0.39, 0.29) is 18.8 Å². The van der Waals surface area contributed by atoms with Crippen molar-refractivity contribution in [3.05, 3.63) is 35.9 Å². The number of nitrogens with one attached hydrogen (secondary N) is 1. The lowest BCUT2D eigenvalue weighted by Gasteiger charge is -2.17. The molecular weight excluding hydrogens is 334 g/mol. The molecule has 8 heteroatoms. The molecule has 0 unspecified atom stereocenters. The summed E-state index contributed by atoms with van der Waals surface area (Å²) in [5.74, 6) is -0.950. The van der Waals surface area contributed by atoms with Gasteiger partial charge in [0.15, 0.2) is 9.84 Å². The molecule has 24 heavy (non-hydrogen) atoms. The second kappa shape index (κ2) is 9.27. The van der Waals surface area contributed by atoms with Gasteiger partial charge in [-0.3, -0.25) is 0 Å². The highest BCUT2D eigenvalue weighted by molar-refractivity contribution is 7.91.